The molecule has 3 nitrogen and oxygen atoms in total. The Morgan fingerprint density at radius 2 is 1.67 bits per heavy atom. The average molecular weight is 355 g/mol. The van der Waals surface area contributed by atoms with Crippen LogP contribution in [0.5, 0.6) is 0 Å². The number of hydrogen-bond acceptors (Lipinski definition) is 3. The molecule has 0 unspecified atom stereocenters. The number of fused-ring (bicyclic) bond motifs is 1. The highest BCUT2D eigenvalue weighted by molar-refractivity contribution is 5.83. The average Bonchev–Trinajstić information content (AvgIpc) is 2.99. The molecule has 0 amide bonds. The summed E-state index contributed by atoms with van der Waals surface area (Å²) in [5.74, 6) is 0.00818. The van der Waals surface area contributed by atoms with Crippen molar-refractivity contribution in [1.82, 2.24) is 4.98 Å². The Balaban J connectivity index is 1.65. The van der Waals surface area contributed by atoms with Gasteiger partial charge in [0.1, 0.15) is 5.92 Å². The fourth-order valence-electron chi connectivity index (χ4n) is 4.90. The lowest BCUT2D eigenvalue weighted by molar-refractivity contribution is -0.212. The Labute approximate surface area is 159 Å². The molecule has 1 aliphatic heterocycles. The minimum atomic E-state index is -0.617. The molecule has 0 spiro atoms. The third kappa shape index (κ3) is 2.42. The van der Waals surface area contributed by atoms with Gasteiger partial charge in [0.2, 0.25) is 0 Å². The van der Waals surface area contributed by atoms with Gasteiger partial charge in [0.25, 0.3) is 0 Å². The zero-order valence-corrected chi connectivity index (χ0v) is 15.2. The van der Waals surface area contributed by atoms with Gasteiger partial charge < -0.3 is 4.74 Å². The molecule has 0 N–H and O–H groups in total. The normalized spacial score (nSPS) is 28.9. The van der Waals surface area contributed by atoms with Crippen molar-refractivity contribution in [3.8, 4) is 0 Å². The smallest absolute Gasteiger partial charge is 0.315 e. The second-order valence-electron chi connectivity index (χ2n) is 7.66. The van der Waals surface area contributed by atoms with E-state index >= 15 is 0 Å². The van der Waals surface area contributed by atoms with Crippen molar-refractivity contribution in [3.05, 3.63) is 101 Å². The van der Waals surface area contributed by atoms with Gasteiger partial charge in [-0.05, 0) is 36.1 Å². The van der Waals surface area contributed by atoms with E-state index in [2.05, 4.69) is 48.3 Å². The Bertz CT molecular complexity index is 968. The summed E-state index contributed by atoms with van der Waals surface area (Å²) in [6.07, 6.45) is 2.55. The Morgan fingerprint density at radius 3 is 2.33 bits per heavy atom. The monoisotopic (exact) mass is 355 g/mol. The first-order valence-electron chi connectivity index (χ1n) is 9.45. The minimum Gasteiger partial charge on any atom is -0.451 e. The molecule has 3 heteroatoms. The molecule has 4 atom stereocenters. The van der Waals surface area contributed by atoms with Gasteiger partial charge in [0, 0.05) is 18.5 Å². The number of nitrogens with zero attached hydrogens (tertiary/aromatic N) is 1. The largest absolute Gasteiger partial charge is 0.451 e. The topological polar surface area (TPSA) is 39.2 Å². The third-order valence-corrected chi connectivity index (χ3v) is 6.14. The van der Waals surface area contributed by atoms with Crippen molar-refractivity contribution in [2.75, 3.05) is 0 Å². The molecule has 0 radical (unpaired) electrons. The second-order valence-corrected chi connectivity index (χ2v) is 7.66. The summed E-state index contributed by atoms with van der Waals surface area (Å²) >= 11 is 0. The summed E-state index contributed by atoms with van der Waals surface area (Å²) in [6.45, 7) is 2.10. The van der Waals surface area contributed by atoms with Crippen LogP contribution in [0.1, 0.15) is 40.6 Å². The number of esters is 1. The summed E-state index contributed by atoms with van der Waals surface area (Å²) < 4.78 is 5.86. The van der Waals surface area contributed by atoms with E-state index in [0.29, 0.717) is 0 Å². The molecular weight excluding hydrogens is 334 g/mol. The number of hydrogen-bond donors (Lipinski definition) is 0. The van der Waals surface area contributed by atoms with Gasteiger partial charge in [0.15, 0.2) is 5.60 Å². The number of benzene rings is 2. The lowest BCUT2D eigenvalue weighted by atomic mass is 9.75. The van der Waals surface area contributed by atoms with Gasteiger partial charge in [0.05, 0.1) is 5.69 Å². The number of carbonyl (C=O) groups is 1. The molecule has 3 aromatic rings. The SMILES string of the molecule is Cc1ccc([C@H]2C[C@]3(c4ccccn4)OC(=O)[C@@H]3[C@@H]2c2ccccc2)cc1. The van der Waals surface area contributed by atoms with Crippen LogP contribution in [0, 0.1) is 12.8 Å². The van der Waals surface area contributed by atoms with Gasteiger partial charge in [-0.1, -0.05) is 66.2 Å². The highest BCUT2D eigenvalue weighted by Crippen LogP contribution is 2.64. The Morgan fingerprint density at radius 1 is 0.926 bits per heavy atom. The van der Waals surface area contributed by atoms with Gasteiger partial charge in [-0.25, -0.2) is 0 Å². The zero-order valence-electron chi connectivity index (χ0n) is 15.2. The van der Waals surface area contributed by atoms with Crippen LogP contribution in [0.25, 0.3) is 0 Å². The quantitative estimate of drug-likeness (QED) is 0.638. The van der Waals surface area contributed by atoms with Gasteiger partial charge >= 0.3 is 5.97 Å². The summed E-state index contributed by atoms with van der Waals surface area (Å²) in [6, 6.07) is 24.9. The van der Waals surface area contributed by atoms with Crippen molar-refractivity contribution in [2.24, 2.45) is 5.92 Å². The highest BCUT2D eigenvalue weighted by Gasteiger charge is 2.68. The molecule has 1 saturated heterocycles. The first-order chi connectivity index (χ1) is 13.2. The van der Waals surface area contributed by atoms with Crippen LogP contribution in [0.3, 0.4) is 0 Å². The Kier molecular flexibility index (Phi) is 3.64. The number of aryl methyl sites for hydroxylation is 1. The molecule has 2 fully saturated rings. The number of aromatic nitrogens is 1. The van der Waals surface area contributed by atoms with Crippen LogP contribution in [-0.2, 0) is 15.1 Å². The van der Waals surface area contributed by atoms with E-state index in [1.807, 2.05) is 36.4 Å². The number of carbonyl (C=O) groups excluding carboxylic acids is 1. The van der Waals surface area contributed by atoms with Crippen LogP contribution >= 0.6 is 0 Å². The molecule has 5 rings (SSSR count). The molecule has 2 aromatic carbocycles. The van der Waals surface area contributed by atoms with Crippen molar-refractivity contribution in [2.45, 2.75) is 30.8 Å². The van der Waals surface area contributed by atoms with Gasteiger partial charge in [-0.3, -0.25) is 9.78 Å². The van der Waals surface area contributed by atoms with Crippen molar-refractivity contribution < 1.29 is 9.53 Å². The lowest BCUT2D eigenvalue weighted by Gasteiger charge is -2.44. The maximum absolute atomic E-state index is 12.7. The van der Waals surface area contributed by atoms with Crippen LogP contribution in [0.4, 0.5) is 0 Å². The standard InChI is InChI=1S/C24H21NO2/c1-16-10-12-17(13-11-16)19-15-24(20-9-5-6-14-25-20)22(23(26)27-24)21(19)18-7-3-2-4-8-18/h2-14,19,21-22H,15H2,1H3/t19-,21-,22+,24-/m1/s1. The highest BCUT2D eigenvalue weighted by atomic mass is 16.6. The van der Waals surface area contributed by atoms with E-state index < -0.39 is 5.60 Å². The molecule has 2 heterocycles. The molecule has 134 valence electrons. The summed E-state index contributed by atoms with van der Waals surface area (Å²) in [5.41, 5.74) is 3.94. The molecule has 27 heavy (non-hydrogen) atoms. The van der Waals surface area contributed by atoms with Gasteiger partial charge in [-0.15, -0.1) is 0 Å². The van der Waals surface area contributed by atoms with Crippen molar-refractivity contribution in [1.29, 1.82) is 0 Å². The molecule has 1 aliphatic carbocycles. The zero-order chi connectivity index (χ0) is 18.4. The van der Waals surface area contributed by atoms with Crippen LogP contribution in [0.2, 0.25) is 0 Å². The third-order valence-electron chi connectivity index (χ3n) is 6.14. The number of rotatable bonds is 3. The molecule has 2 aliphatic rings. The number of pyridine rings is 1. The molecular formula is C24H21NO2. The van der Waals surface area contributed by atoms with Crippen molar-refractivity contribution >= 4 is 5.97 Å². The predicted octanol–water partition coefficient (Wildman–Crippen LogP) is 4.73. The van der Waals surface area contributed by atoms with Gasteiger partial charge in [-0.2, -0.15) is 0 Å². The fourth-order valence-corrected chi connectivity index (χ4v) is 4.90. The van der Waals surface area contributed by atoms with E-state index in [4.69, 9.17) is 4.74 Å². The summed E-state index contributed by atoms with van der Waals surface area (Å²) in [4.78, 5) is 17.2. The van der Waals surface area contributed by atoms with E-state index in [1.54, 1.807) is 6.20 Å². The Hall–Kier alpha value is -2.94. The number of ether oxygens (including phenoxy) is 1. The first-order valence-corrected chi connectivity index (χ1v) is 9.45. The summed E-state index contributed by atoms with van der Waals surface area (Å²) in [7, 11) is 0. The summed E-state index contributed by atoms with van der Waals surface area (Å²) in [5, 5.41) is 0. The van der Waals surface area contributed by atoms with E-state index in [9.17, 15) is 4.79 Å². The van der Waals surface area contributed by atoms with Crippen LogP contribution in [-0.4, -0.2) is 11.0 Å². The first kappa shape index (κ1) is 16.2. The van der Waals surface area contributed by atoms with Crippen LogP contribution < -0.4 is 0 Å². The molecule has 1 aromatic heterocycles. The van der Waals surface area contributed by atoms with E-state index in [-0.39, 0.29) is 23.7 Å². The van der Waals surface area contributed by atoms with Crippen molar-refractivity contribution in [3.63, 3.8) is 0 Å². The molecule has 0 bridgehead atoms. The van der Waals surface area contributed by atoms with Crippen LogP contribution in [0.15, 0.2) is 79.0 Å². The second kappa shape index (κ2) is 6.05. The predicted molar refractivity (Wildman–Crippen MR) is 103 cm³/mol. The maximum atomic E-state index is 12.7. The van der Waals surface area contributed by atoms with E-state index in [1.165, 1.54) is 16.7 Å². The lowest BCUT2D eigenvalue weighted by Crippen LogP contribution is -2.53. The fraction of sp³-hybridized carbons (Fsp3) is 0.250. The maximum Gasteiger partial charge on any atom is 0.315 e. The van der Waals surface area contributed by atoms with E-state index in [0.717, 1.165) is 12.1 Å². The molecule has 1 saturated carbocycles. The minimum absolute atomic E-state index is 0.0946.